The smallest absolute Gasteiger partial charge is 0.228 e. The number of hydrogen-bond acceptors (Lipinski definition) is 3. The lowest BCUT2D eigenvalue weighted by Gasteiger charge is -2.24. The van der Waals surface area contributed by atoms with Crippen LogP contribution < -0.4 is 5.32 Å². The molecule has 3 aromatic carbocycles. The summed E-state index contributed by atoms with van der Waals surface area (Å²) in [6.45, 7) is 4.07. The van der Waals surface area contributed by atoms with Crippen molar-refractivity contribution in [2.45, 2.75) is 64.3 Å². The van der Waals surface area contributed by atoms with E-state index < -0.39 is 6.04 Å². The van der Waals surface area contributed by atoms with Crippen molar-refractivity contribution in [3.63, 3.8) is 0 Å². The molecule has 0 bridgehead atoms. The number of amides is 1. The highest BCUT2D eigenvalue weighted by molar-refractivity contribution is 5.91. The first-order valence-electron chi connectivity index (χ1n) is 14.9. The number of hydrogen-bond donors (Lipinski definition) is 2. The minimum atomic E-state index is -0.412. The fourth-order valence-electron chi connectivity index (χ4n) is 6.75. The zero-order valence-corrected chi connectivity index (χ0v) is 24.0. The number of aliphatic hydroxyl groups excluding tert-OH is 1. The van der Waals surface area contributed by atoms with Gasteiger partial charge in [0.05, 0.1) is 24.1 Å². The molecule has 5 nitrogen and oxygen atoms in total. The van der Waals surface area contributed by atoms with E-state index in [2.05, 4.69) is 78.2 Å². The Labute approximate surface area is 242 Å². The van der Waals surface area contributed by atoms with Crippen molar-refractivity contribution in [2.24, 2.45) is 5.92 Å². The molecule has 1 aliphatic carbocycles. The normalized spacial score (nSPS) is 15.4. The molecule has 0 aliphatic heterocycles. The summed E-state index contributed by atoms with van der Waals surface area (Å²) in [7, 11) is 0. The fraction of sp³-hybridized carbons (Fsp3) is 0.333. The monoisotopic (exact) mass is 545 g/mol. The van der Waals surface area contributed by atoms with Gasteiger partial charge in [-0.15, -0.1) is 0 Å². The van der Waals surface area contributed by atoms with Crippen LogP contribution in [0.3, 0.4) is 0 Å². The van der Waals surface area contributed by atoms with Crippen LogP contribution in [0.5, 0.6) is 0 Å². The molecule has 2 atom stereocenters. The summed E-state index contributed by atoms with van der Waals surface area (Å²) in [4.78, 5) is 18.7. The summed E-state index contributed by atoms with van der Waals surface area (Å²) < 4.78 is 2.26. The van der Waals surface area contributed by atoms with E-state index in [4.69, 9.17) is 4.98 Å². The number of aliphatic hydroxyl groups is 1. The van der Waals surface area contributed by atoms with Gasteiger partial charge in [0.15, 0.2) is 0 Å². The fourth-order valence-corrected chi connectivity index (χ4v) is 6.75. The molecule has 0 radical (unpaired) electrons. The van der Waals surface area contributed by atoms with E-state index >= 15 is 0 Å². The summed E-state index contributed by atoms with van der Waals surface area (Å²) >= 11 is 0. The van der Waals surface area contributed by atoms with E-state index in [0.29, 0.717) is 5.92 Å². The number of benzene rings is 3. The van der Waals surface area contributed by atoms with E-state index in [-0.39, 0.29) is 18.4 Å². The maximum absolute atomic E-state index is 13.7. The lowest BCUT2D eigenvalue weighted by Crippen LogP contribution is -2.35. The van der Waals surface area contributed by atoms with Crippen molar-refractivity contribution < 1.29 is 9.90 Å². The van der Waals surface area contributed by atoms with Gasteiger partial charge in [-0.3, -0.25) is 9.20 Å². The average Bonchev–Trinajstić information content (AvgIpc) is 3.62. The number of fused-ring (bicyclic) bond motifs is 3. The highest BCUT2D eigenvalue weighted by atomic mass is 16.3. The van der Waals surface area contributed by atoms with E-state index in [1.54, 1.807) is 0 Å². The lowest BCUT2D eigenvalue weighted by atomic mass is 9.86. The number of carbonyl (C=O) groups excluding carboxylic acids is 1. The van der Waals surface area contributed by atoms with Crippen LogP contribution in [0.2, 0.25) is 0 Å². The van der Waals surface area contributed by atoms with Crippen LogP contribution >= 0.6 is 0 Å². The number of aryl methyl sites for hydroxylation is 2. The molecule has 6 rings (SSSR count). The maximum Gasteiger partial charge on any atom is 0.228 e. The molecule has 2 aromatic heterocycles. The summed E-state index contributed by atoms with van der Waals surface area (Å²) in [6, 6.07) is 28.6. The molecule has 0 saturated heterocycles. The molecular formula is C36H39N3O2. The number of nitrogens with zero attached hydrogens (tertiary/aromatic N) is 2. The standard InChI is InChI=1S/C36H39N3O2/c1-24-20-25(2)39-34-15-9-8-14-30(34)32(35(39)37-24)22-27-16-18-28(19-17-27)31(21-26-10-6-7-11-26)36(41)38-33(23-40)29-12-4-3-5-13-29/h3-5,8-9,12-20,26,31,33,40H,6-7,10-11,21-23H2,1-2H3,(H,38,41). The Morgan fingerprint density at radius 3 is 2.39 bits per heavy atom. The highest BCUT2D eigenvalue weighted by Crippen LogP contribution is 2.35. The third-order valence-corrected chi connectivity index (χ3v) is 8.83. The predicted octanol–water partition coefficient (Wildman–Crippen LogP) is 7.21. The van der Waals surface area contributed by atoms with Gasteiger partial charge in [-0.25, -0.2) is 4.98 Å². The van der Waals surface area contributed by atoms with Crippen molar-refractivity contribution in [1.29, 1.82) is 0 Å². The molecule has 5 aromatic rings. The molecule has 210 valence electrons. The Morgan fingerprint density at radius 2 is 1.66 bits per heavy atom. The summed E-state index contributed by atoms with van der Waals surface area (Å²) in [5.74, 6) is 0.312. The van der Waals surface area contributed by atoms with Gasteiger partial charge in [0, 0.05) is 28.8 Å². The Balaban J connectivity index is 1.29. The predicted molar refractivity (Wildman–Crippen MR) is 165 cm³/mol. The molecule has 2 N–H and O–H groups in total. The first-order valence-corrected chi connectivity index (χ1v) is 14.9. The summed E-state index contributed by atoms with van der Waals surface area (Å²) in [5.41, 5.74) is 8.80. The van der Waals surface area contributed by atoms with Crippen molar-refractivity contribution in [3.05, 3.63) is 119 Å². The van der Waals surface area contributed by atoms with Crippen molar-refractivity contribution in [2.75, 3.05) is 6.61 Å². The topological polar surface area (TPSA) is 66.6 Å². The van der Waals surface area contributed by atoms with Crippen LogP contribution in [0.25, 0.3) is 16.6 Å². The van der Waals surface area contributed by atoms with Crippen molar-refractivity contribution >= 4 is 22.5 Å². The first-order chi connectivity index (χ1) is 20.0. The Kier molecular flexibility index (Phi) is 7.89. The average molecular weight is 546 g/mol. The molecular weight excluding hydrogens is 506 g/mol. The Hall–Kier alpha value is -3.96. The van der Waals surface area contributed by atoms with Gasteiger partial charge in [0.1, 0.15) is 5.65 Å². The van der Waals surface area contributed by atoms with E-state index in [9.17, 15) is 9.90 Å². The van der Waals surface area contributed by atoms with Crippen LogP contribution in [-0.2, 0) is 11.2 Å². The largest absolute Gasteiger partial charge is 0.394 e. The third kappa shape index (κ3) is 5.64. The summed E-state index contributed by atoms with van der Waals surface area (Å²) in [6.07, 6.45) is 6.47. The number of nitrogens with one attached hydrogen (secondary N) is 1. The summed E-state index contributed by atoms with van der Waals surface area (Å²) in [5, 5.41) is 14.5. The van der Waals surface area contributed by atoms with E-state index in [1.807, 2.05) is 30.3 Å². The quantitative estimate of drug-likeness (QED) is 0.206. The highest BCUT2D eigenvalue weighted by Gasteiger charge is 2.28. The Morgan fingerprint density at radius 1 is 0.951 bits per heavy atom. The van der Waals surface area contributed by atoms with Gasteiger partial charge < -0.3 is 10.4 Å². The molecule has 0 spiro atoms. The van der Waals surface area contributed by atoms with Crippen LogP contribution in [0.1, 0.15) is 77.7 Å². The lowest BCUT2D eigenvalue weighted by molar-refractivity contribution is -0.124. The molecule has 2 unspecified atom stereocenters. The molecule has 2 heterocycles. The van der Waals surface area contributed by atoms with Crippen LogP contribution in [0, 0.1) is 19.8 Å². The van der Waals surface area contributed by atoms with Crippen molar-refractivity contribution in [1.82, 2.24) is 14.7 Å². The van der Waals surface area contributed by atoms with Gasteiger partial charge in [-0.1, -0.05) is 98.5 Å². The first kappa shape index (κ1) is 27.2. The molecule has 5 heteroatoms. The molecule has 41 heavy (non-hydrogen) atoms. The van der Waals surface area contributed by atoms with Gasteiger partial charge in [0.25, 0.3) is 0 Å². The van der Waals surface area contributed by atoms with Crippen molar-refractivity contribution in [3.8, 4) is 0 Å². The maximum atomic E-state index is 13.7. The number of carbonyl (C=O) groups is 1. The molecule has 1 amide bonds. The number of rotatable bonds is 9. The second-order valence-electron chi connectivity index (χ2n) is 11.7. The van der Waals surface area contributed by atoms with Crippen LogP contribution in [0.15, 0.2) is 84.9 Å². The van der Waals surface area contributed by atoms with Gasteiger partial charge >= 0.3 is 0 Å². The van der Waals surface area contributed by atoms with E-state index in [1.165, 1.54) is 53.4 Å². The minimum absolute atomic E-state index is 0.00729. The third-order valence-electron chi connectivity index (χ3n) is 8.83. The molecule has 1 saturated carbocycles. The second-order valence-corrected chi connectivity index (χ2v) is 11.7. The van der Waals surface area contributed by atoms with Crippen LogP contribution in [-0.4, -0.2) is 27.0 Å². The van der Waals surface area contributed by atoms with Gasteiger partial charge in [-0.2, -0.15) is 0 Å². The van der Waals surface area contributed by atoms with Gasteiger partial charge in [0.2, 0.25) is 5.91 Å². The van der Waals surface area contributed by atoms with E-state index in [0.717, 1.165) is 35.3 Å². The van der Waals surface area contributed by atoms with Gasteiger partial charge in [-0.05, 0) is 55.0 Å². The molecule has 1 fully saturated rings. The number of para-hydroxylation sites is 1. The van der Waals surface area contributed by atoms with Crippen LogP contribution in [0.4, 0.5) is 0 Å². The second kappa shape index (κ2) is 11.9. The zero-order valence-electron chi connectivity index (χ0n) is 24.0. The number of aromatic nitrogens is 2. The molecule has 1 aliphatic rings. The minimum Gasteiger partial charge on any atom is -0.394 e. The SMILES string of the molecule is Cc1cc(C)n2c(n1)c(Cc1ccc(C(CC3CCCC3)C(=O)NC(CO)c3ccccc3)cc1)c1ccccc12. The Bertz CT molecular complexity index is 1650. The zero-order chi connectivity index (χ0) is 28.3.